The van der Waals surface area contributed by atoms with Crippen LogP contribution in [0.2, 0.25) is 5.28 Å². The second-order valence-corrected chi connectivity index (χ2v) is 3.08. The summed E-state index contributed by atoms with van der Waals surface area (Å²) in [5.74, 6) is 0.109. The minimum atomic E-state index is -0.289. The first-order valence-corrected chi connectivity index (χ1v) is 3.88. The van der Waals surface area contributed by atoms with Crippen molar-refractivity contribution in [1.82, 2.24) is 9.55 Å². The van der Waals surface area contributed by atoms with Crippen LogP contribution in [0.3, 0.4) is 0 Å². The maximum Gasteiger partial charge on any atom is 0.270 e. The fourth-order valence-electron chi connectivity index (χ4n) is 0.564. The SMILES string of the molecule is Cn1c(Cl)nc(N)c(Br)c1=O. The predicted molar refractivity (Wildman–Crippen MR) is 46.6 cm³/mol. The molecule has 2 N–H and O–H groups in total. The zero-order valence-corrected chi connectivity index (χ0v) is 7.98. The van der Waals surface area contributed by atoms with E-state index in [-0.39, 0.29) is 21.1 Å². The van der Waals surface area contributed by atoms with E-state index in [0.29, 0.717) is 0 Å². The Balaban J connectivity index is 3.59. The van der Waals surface area contributed by atoms with Crippen molar-refractivity contribution in [1.29, 1.82) is 0 Å². The minimum Gasteiger partial charge on any atom is -0.382 e. The van der Waals surface area contributed by atoms with Gasteiger partial charge in [-0.05, 0) is 27.5 Å². The molecular formula is C5H5BrClN3O. The number of hydrogen-bond donors (Lipinski definition) is 1. The number of nitrogens with two attached hydrogens (primary N) is 1. The third-order valence-corrected chi connectivity index (χ3v) is 2.29. The van der Waals surface area contributed by atoms with Gasteiger partial charge < -0.3 is 5.73 Å². The van der Waals surface area contributed by atoms with Crippen molar-refractivity contribution in [3.8, 4) is 0 Å². The van der Waals surface area contributed by atoms with E-state index in [1.807, 2.05) is 0 Å². The van der Waals surface area contributed by atoms with Crippen LogP contribution in [-0.2, 0) is 7.05 Å². The molecule has 1 rings (SSSR count). The first kappa shape index (κ1) is 8.55. The first-order valence-electron chi connectivity index (χ1n) is 2.71. The Labute approximate surface area is 76.1 Å². The quantitative estimate of drug-likeness (QED) is 0.680. The highest BCUT2D eigenvalue weighted by Gasteiger charge is 2.07. The molecule has 11 heavy (non-hydrogen) atoms. The van der Waals surface area contributed by atoms with E-state index in [1.165, 1.54) is 11.6 Å². The van der Waals surface area contributed by atoms with Crippen molar-refractivity contribution < 1.29 is 0 Å². The molecule has 1 aromatic rings. The highest BCUT2D eigenvalue weighted by Crippen LogP contribution is 2.13. The fourth-order valence-corrected chi connectivity index (χ4v) is 1.09. The molecule has 0 amide bonds. The summed E-state index contributed by atoms with van der Waals surface area (Å²) in [4.78, 5) is 14.8. The molecule has 6 heteroatoms. The molecule has 0 saturated carbocycles. The van der Waals surface area contributed by atoms with Crippen LogP contribution in [0.15, 0.2) is 9.27 Å². The number of halogens is 2. The molecular weight excluding hydrogens is 233 g/mol. The number of hydrogen-bond acceptors (Lipinski definition) is 3. The Kier molecular flexibility index (Phi) is 2.20. The number of nitrogen functional groups attached to an aromatic ring is 1. The molecule has 1 aromatic heterocycles. The lowest BCUT2D eigenvalue weighted by atomic mass is 10.6. The fraction of sp³-hybridized carbons (Fsp3) is 0.200. The molecule has 60 valence electrons. The summed E-state index contributed by atoms with van der Waals surface area (Å²) in [7, 11) is 1.52. The lowest BCUT2D eigenvalue weighted by Crippen LogP contribution is -2.20. The Morgan fingerprint density at radius 2 is 2.27 bits per heavy atom. The van der Waals surface area contributed by atoms with E-state index in [2.05, 4.69) is 20.9 Å². The average Bonchev–Trinajstić information content (AvgIpc) is 1.97. The number of aromatic nitrogens is 2. The third kappa shape index (κ3) is 1.39. The predicted octanol–water partition coefficient (Wildman–Crippen LogP) is 0.778. The molecule has 0 unspecified atom stereocenters. The van der Waals surface area contributed by atoms with Crippen LogP contribution >= 0.6 is 27.5 Å². The van der Waals surface area contributed by atoms with Crippen molar-refractivity contribution in [3.05, 3.63) is 20.1 Å². The average molecular weight is 238 g/mol. The Hall–Kier alpha value is -0.550. The van der Waals surface area contributed by atoms with Gasteiger partial charge >= 0.3 is 0 Å². The van der Waals surface area contributed by atoms with Gasteiger partial charge in [-0.3, -0.25) is 9.36 Å². The highest BCUT2D eigenvalue weighted by molar-refractivity contribution is 9.10. The van der Waals surface area contributed by atoms with E-state index in [1.54, 1.807) is 0 Å². The number of anilines is 1. The van der Waals surface area contributed by atoms with Crippen LogP contribution in [0.5, 0.6) is 0 Å². The molecule has 0 fully saturated rings. The molecule has 4 nitrogen and oxygen atoms in total. The molecule has 0 aromatic carbocycles. The van der Waals surface area contributed by atoms with Crippen molar-refractivity contribution in [2.24, 2.45) is 7.05 Å². The molecule has 0 bridgehead atoms. The van der Waals surface area contributed by atoms with Crippen molar-refractivity contribution in [2.75, 3.05) is 5.73 Å². The van der Waals surface area contributed by atoms with Gasteiger partial charge in [0, 0.05) is 7.05 Å². The van der Waals surface area contributed by atoms with Gasteiger partial charge in [0.05, 0.1) is 0 Å². The largest absolute Gasteiger partial charge is 0.382 e. The number of nitrogens with zero attached hydrogens (tertiary/aromatic N) is 2. The highest BCUT2D eigenvalue weighted by atomic mass is 79.9. The molecule has 1 heterocycles. The Bertz CT molecular complexity index is 319. The van der Waals surface area contributed by atoms with Crippen LogP contribution in [-0.4, -0.2) is 9.55 Å². The lowest BCUT2D eigenvalue weighted by Gasteiger charge is -2.01. The van der Waals surface area contributed by atoms with Crippen LogP contribution in [0.4, 0.5) is 5.82 Å². The van der Waals surface area contributed by atoms with Gasteiger partial charge in [-0.15, -0.1) is 0 Å². The van der Waals surface area contributed by atoms with Crippen LogP contribution in [0.25, 0.3) is 0 Å². The van der Waals surface area contributed by atoms with E-state index in [9.17, 15) is 4.79 Å². The molecule has 0 aliphatic rings. The van der Waals surface area contributed by atoms with Gasteiger partial charge in [0.15, 0.2) is 0 Å². The zero-order chi connectivity index (χ0) is 8.59. The maximum absolute atomic E-state index is 11.1. The van der Waals surface area contributed by atoms with Crippen molar-refractivity contribution in [3.63, 3.8) is 0 Å². The van der Waals surface area contributed by atoms with E-state index < -0.39 is 0 Å². The summed E-state index contributed by atoms with van der Waals surface area (Å²) >= 11 is 8.53. The summed E-state index contributed by atoms with van der Waals surface area (Å²) in [6, 6.07) is 0. The van der Waals surface area contributed by atoms with Gasteiger partial charge in [0.2, 0.25) is 5.28 Å². The van der Waals surface area contributed by atoms with Gasteiger partial charge in [-0.2, -0.15) is 0 Å². The van der Waals surface area contributed by atoms with Gasteiger partial charge in [0.1, 0.15) is 10.3 Å². The van der Waals surface area contributed by atoms with Crippen LogP contribution in [0.1, 0.15) is 0 Å². The summed E-state index contributed by atoms with van der Waals surface area (Å²) in [5.41, 5.74) is 5.05. The van der Waals surface area contributed by atoms with Crippen LogP contribution in [0, 0.1) is 0 Å². The second kappa shape index (κ2) is 2.83. The smallest absolute Gasteiger partial charge is 0.270 e. The molecule has 0 aliphatic heterocycles. The third-order valence-electron chi connectivity index (χ3n) is 1.21. The zero-order valence-electron chi connectivity index (χ0n) is 5.64. The molecule has 0 atom stereocenters. The maximum atomic E-state index is 11.1. The van der Waals surface area contributed by atoms with Crippen molar-refractivity contribution in [2.45, 2.75) is 0 Å². The molecule has 0 radical (unpaired) electrons. The standard InChI is InChI=1S/C5H5BrClN3O/c1-10-4(11)2(6)3(8)9-5(10)7/h8H2,1H3. The molecule has 0 saturated heterocycles. The molecule has 0 aliphatic carbocycles. The summed E-state index contributed by atoms with van der Waals surface area (Å²) < 4.78 is 1.44. The van der Waals surface area contributed by atoms with Gasteiger partial charge in [0.25, 0.3) is 5.56 Å². The van der Waals surface area contributed by atoms with Gasteiger partial charge in [-0.1, -0.05) is 0 Å². The summed E-state index contributed by atoms with van der Waals surface area (Å²) in [6.45, 7) is 0. The summed E-state index contributed by atoms with van der Waals surface area (Å²) in [6.07, 6.45) is 0. The van der Waals surface area contributed by atoms with Gasteiger partial charge in [-0.25, -0.2) is 4.98 Å². The topological polar surface area (TPSA) is 60.9 Å². The van der Waals surface area contributed by atoms with E-state index in [4.69, 9.17) is 17.3 Å². The first-order chi connectivity index (χ1) is 5.04. The summed E-state index contributed by atoms with van der Waals surface area (Å²) in [5, 5.41) is 0.0794. The number of rotatable bonds is 0. The van der Waals surface area contributed by atoms with Crippen LogP contribution < -0.4 is 11.3 Å². The normalized spacial score (nSPS) is 10.1. The van der Waals surface area contributed by atoms with E-state index in [0.717, 1.165) is 0 Å². The minimum absolute atomic E-state index is 0.0794. The Morgan fingerprint density at radius 3 is 2.82 bits per heavy atom. The van der Waals surface area contributed by atoms with Crippen molar-refractivity contribution >= 4 is 33.3 Å². The molecule has 0 spiro atoms. The van der Waals surface area contributed by atoms with E-state index >= 15 is 0 Å². The lowest BCUT2D eigenvalue weighted by molar-refractivity contribution is 0.822. The monoisotopic (exact) mass is 237 g/mol. The Morgan fingerprint density at radius 1 is 1.73 bits per heavy atom. The second-order valence-electron chi connectivity index (χ2n) is 1.94.